The molecule has 1 aromatic rings. The molecular weight excluding hydrogens is 330 g/mol. The lowest BCUT2D eigenvalue weighted by atomic mass is 9.98. The van der Waals surface area contributed by atoms with Crippen molar-refractivity contribution in [1.29, 1.82) is 0 Å². The van der Waals surface area contributed by atoms with Crippen molar-refractivity contribution in [3.05, 3.63) is 28.2 Å². The van der Waals surface area contributed by atoms with E-state index in [-0.39, 0.29) is 0 Å². The van der Waals surface area contributed by atoms with Gasteiger partial charge in [0, 0.05) is 10.2 Å². The zero-order chi connectivity index (χ0) is 14.9. The van der Waals surface area contributed by atoms with Crippen LogP contribution in [0.25, 0.3) is 0 Å². The fourth-order valence-corrected chi connectivity index (χ4v) is 2.45. The molecule has 0 saturated carbocycles. The Kier molecular flexibility index (Phi) is 5.00. The molecule has 0 amide bonds. The molecule has 0 radical (unpaired) electrons. The summed E-state index contributed by atoms with van der Waals surface area (Å²) in [6.07, 6.45) is -5.86. The standard InChI is InChI=1S/C13H18BrNO5/c1-6-2-3-7(4-8(6)14)15-13-12(19)11(18)10(17)9(5-16)20-13/h2-4,9-13,15-19H,5H2,1H3/t9-,10+,11-,12-,13-/m1/s1. The zero-order valence-corrected chi connectivity index (χ0v) is 12.5. The van der Waals surface area contributed by atoms with Crippen molar-refractivity contribution >= 4 is 21.6 Å². The Morgan fingerprint density at radius 1 is 1.20 bits per heavy atom. The van der Waals surface area contributed by atoms with E-state index in [2.05, 4.69) is 21.2 Å². The molecule has 1 aliphatic rings. The topological polar surface area (TPSA) is 102 Å². The molecule has 1 aliphatic heterocycles. The predicted octanol–water partition coefficient (Wildman–Crippen LogP) is -0.0307. The monoisotopic (exact) mass is 347 g/mol. The lowest BCUT2D eigenvalue weighted by molar-refractivity contribution is -0.221. The number of hydrogen-bond donors (Lipinski definition) is 5. The van der Waals surface area contributed by atoms with Crippen LogP contribution in [0.5, 0.6) is 0 Å². The Balaban J connectivity index is 2.13. The molecule has 1 aromatic carbocycles. The van der Waals surface area contributed by atoms with Gasteiger partial charge in [0.2, 0.25) is 0 Å². The van der Waals surface area contributed by atoms with Gasteiger partial charge in [-0.3, -0.25) is 0 Å². The van der Waals surface area contributed by atoms with Crippen LogP contribution in [0.4, 0.5) is 5.69 Å². The van der Waals surface area contributed by atoms with Crippen LogP contribution in [-0.4, -0.2) is 57.7 Å². The van der Waals surface area contributed by atoms with Gasteiger partial charge in [0.25, 0.3) is 0 Å². The Bertz CT molecular complexity index is 470. The highest BCUT2D eigenvalue weighted by Gasteiger charge is 2.43. The van der Waals surface area contributed by atoms with Gasteiger partial charge in [0.05, 0.1) is 6.61 Å². The van der Waals surface area contributed by atoms with Crippen LogP contribution in [0.1, 0.15) is 5.56 Å². The number of hydrogen-bond acceptors (Lipinski definition) is 6. The van der Waals surface area contributed by atoms with E-state index in [0.717, 1.165) is 10.0 Å². The summed E-state index contributed by atoms with van der Waals surface area (Å²) in [5.74, 6) is 0. The summed E-state index contributed by atoms with van der Waals surface area (Å²) in [6.45, 7) is 1.50. The van der Waals surface area contributed by atoms with Crippen molar-refractivity contribution in [2.45, 2.75) is 37.6 Å². The molecule has 20 heavy (non-hydrogen) atoms. The van der Waals surface area contributed by atoms with E-state index < -0.39 is 37.3 Å². The molecule has 1 heterocycles. The van der Waals surface area contributed by atoms with Crippen molar-refractivity contribution in [2.24, 2.45) is 0 Å². The number of halogens is 1. The number of anilines is 1. The first-order valence-corrected chi connectivity index (χ1v) is 7.06. The second-order valence-electron chi connectivity index (χ2n) is 4.86. The van der Waals surface area contributed by atoms with Gasteiger partial charge in [0.15, 0.2) is 6.23 Å². The maximum atomic E-state index is 9.92. The summed E-state index contributed by atoms with van der Waals surface area (Å²) in [5, 5.41) is 41.4. The molecule has 0 unspecified atom stereocenters. The lowest BCUT2D eigenvalue weighted by Gasteiger charge is -2.40. The molecular formula is C13H18BrNO5. The number of aliphatic hydroxyl groups is 4. The van der Waals surface area contributed by atoms with Crippen LogP contribution in [0, 0.1) is 6.92 Å². The zero-order valence-electron chi connectivity index (χ0n) is 10.9. The summed E-state index contributed by atoms with van der Waals surface area (Å²) in [6, 6.07) is 5.51. The van der Waals surface area contributed by atoms with E-state index in [9.17, 15) is 15.3 Å². The normalized spacial score (nSPS) is 34.0. The van der Waals surface area contributed by atoms with Crippen LogP contribution in [0.3, 0.4) is 0 Å². The van der Waals surface area contributed by atoms with Crippen molar-refractivity contribution in [3.63, 3.8) is 0 Å². The molecule has 0 spiro atoms. The highest BCUT2D eigenvalue weighted by atomic mass is 79.9. The van der Waals surface area contributed by atoms with E-state index >= 15 is 0 Å². The molecule has 112 valence electrons. The molecule has 5 N–H and O–H groups in total. The minimum atomic E-state index is -1.38. The fraction of sp³-hybridized carbons (Fsp3) is 0.538. The van der Waals surface area contributed by atoms with E-state index in [1.807, 2.05) is 25.1 Å². The maximum Gasteiger partial charge on any atom is 0.157 e. The van der Waals surface area contributed by atoms with Crippen molar-refractivity contribution in [2.75, 3.05) is 11.9 Å². The maximum absolute atomic E-state index is 9.92. The summed E-state index contributed by atoms with van der Waals surface area (Å²) in [7, 11) is 0. The molecule has 5 atom stereocenters. The molecule has 6 nitrogen and oxygen atoms in total. The van der Waals surface area contributed by atoms with Gasteiger partial charge in [-0.15, -0.1) is 0 Å². The minimum Gasteiger partial charge on any atom is -0.394 e. The second kappa shape index (κ2) is 6.38. The van der Waals surface area contributed by atoms with Gasteiger partial charge in [0.1, 0.15) is 24.4 Å². The van der Waals surface area contributed by atoms with Crippen LogP contribution < -0.4 is 5.32 Å². The average molecular weight is 348 g/mol. The summed E-state index contributed by atoms with van der Waals surface area (Å²) in [5.41, 5.74) is 1.75. The van der Waals surface area contributed by atoms with E-state index in [1.165, 1.54) is 0 Å². The summed E-state index contributed by atoms with van der Waals surface area (Å²) >= 11 is 3.40. The van der Waals surface area contributed by atoms with Gasteiger partial charge in [-0.2, -0.15) is 0 Å². The van der Waals surface area contributed by atoms with E-state index in [1.54, 1.807) is 0 Å². The number of nitrogens with one attached hydrogen (secondary N) is 1. The van der Waals surface area contributed by atoms with E-state index in [4.69, 9.17) is 9.84 Å². The summed E-state index contributed by atoms with van der Waals surface area (Å²) in [4.78, 5) is 0. The van der Waals surface area contributed by atoms with Crippen LogP contribution in [-0.2, 0) is 4.74 Å². The molecule has 2 rings (SSSR count). The third kappa shape index (κ3) is 3.13. The number of aryl methyl sites for hydroxylation is 1. The lowest BCUT2D eigenvalue weighted by Crippen LogP contribution is -2.60. The first-order chi connectivity index (χ1) is 9.43. The predicted molar refractivity (Wildman–Crippen MR) is 76.3 cm³/mol. The number of aliphatic hydroxyl groups excluding tert-OH is 4. The van der Waals surface area contributed by atoms with Gasteiger partial charge < -0.3 is 30.5 Å². The van der Waals surface area contributed by atoms with Gasteiger partial charge >= 0.3 is 0 Å². The smallest absolute Gasteiger partial charge is 0.157 e. The quantitative estimate of drug-likeness (QED) is 0.526. The second-order valence-corrected chi connectivity index (χ2v) is 5.71. The molecule has 1 saturated heterocycles. The Morgan fingerprint density at radius 2 is 1.90 bits per heavy atom. The molecule has 0 aromatic heterocycles. The molecule has 1 fully saturated rings. The number of ether oxygens (including phenoxy) is 1. The van der Waals surface area contributed by atoms with Gasteiger partial charge in [-0.05, 0) is 24.6 Å². The van der Waals surface area contributed by atoms with Crippen molar-refractivity contribution in [3.8, 4) is 0 Å². The number of rotatable bonds is 3. The van der Waals surface area contributed by atoms with Crippen molar-refractivity contribution < 1.29 is 25.2 Å². The van der Waals surface area contributed by atoms with Crippen LogP contribution >= 0.6 is 15.9 Å². The Morgan fingerprint density at radius 3 is 2.50 bits per heavy atom. The number of benzene rings is 1. The third-order valence-electron chi connectivity index (χ3n) is 3.37. The third-order valence-corrected chi connectivity index (χ3v) is 4.23. The molecule has 7 heteroatoms. The Hall–Kier alpha value is -0.700. The molecule has 0 aliphatic carbocycles. The first-order valence-electron chi connectivity index (χ1n) is 6.27. The summed E-state index contributed by atoms with van der Waals surface area (Å²) < 4.78 is 6.26. The first kappa shape index (κ1) is 15.7. The SMILES string of the molecule is Cc1ccc(N[C@@H]2O[C@H](CO)[C@H](O)[C@@H](O)[C@H]2O)cc1Br. The van der Waals surface area contributed by atoms with Crippen molar-refractivity contribution in [1.82, 2.24) is 0 Å². The largest absolute Gasteiger partial charge is 0.394 e. The molecule has 0 bridgehead atoms. The highest BCUT2D eigenvalue weighted by molar-refractivity contribution is 9.10. The minimum absolute atomic E-state index is 0.444. The average Bonchev–Trinajstić information content (AvgIpc) is 2.43. The van der Waals surface area contributed by atoms with Gasteiger partial charge in [-0.25, -0.2) is 0 Å². The Labute approximate surface area is 125 Å². The van der Waals surface area contributed by atoms with Gasteiger partial charge in [-0.1, -0.05) is 22.0 Å². The van der Waals surface area contributed by atoms with Crippen LogP contribution in [0.15, 0.2) is 22.7 Å². The highest BCUT2D eigenvalue weighted by Crippen LogP contribution is 2.25. The fourth-order valence-electron chi connectivity index (χ4n) is 2.07. The van der Waals surface area contributed by atoms with Crippen LogP contribution in [0.2, 0.25) is 0 Å². The van der Waals surface area contributed by atoms with E-state index in [0.29, 0.717) is 5.69 Å².